The van der Waals surface area contributed by atoms with Gasteiger partial charge in [-0.3, -0.25) is 4.68 Å². The lowest BCUT2D eigenvalue weighted by molar-refractivity contribution is 0.756. The van der Waals surface area contributed by atoms with Crippen molar-refractivity contribution in [2.75, 3.05) is 11.1 Å². The Morgan fingerprint density at radius 3 is 2.94 bits per heavy atom. The number of halogens is 1. The van der Waals surface area contributed by atoms with Gasteiger partial charge in [-0.25, -0.2) is 4.98 Å². The first-order chi connectivity index (χ1) is 8.06. The maximum absolute atomic E-state index is 5.53. The van der Waals surface area contributed by atoms with Crippen LogP contribution in [0.3, 0.4) is 0 Å². The molecule has 2 aromatic rings. The SMILES string of the molecule is Cc1nn(C)cc1CNc1nc(N)ncc1Br. The van der Waals surface area contributed by atoms with E-state index in [0.29, 0.717) is 12.4 Å². The number of nitrogen functional groups attached to an aromatic ring is 1. The van der Waals surface area contributed by atoms with Crippen LogP contribution in [0, 0.1) is 6.92 Å². The quantitative estimate of drug-likeness (QED) is 0.896. The Morgan fingerprint density at radius 2 is 2.29 bits per heavy atom. The normalized spacial score (nSPS) is 10.5. The zero-order chi connectivity index (χ0) is 12.4. The van der Waals surface area contributed by atoms with Crippen LogP contribution in [0.5, 0.6) is 0 Å². The molecule has 0 saturated carbocycles. The molecule has 0 spiro atoms. The predicted octanol–water partition coefficient (Wildman–Crippen LogP) is 1.48. The third kappa shape index (κ3) is 2.73. The van der Waals surface area contributed by atoms with Crippen LogP contribution in [0.25, 0.3) is 0 Å². The number of nitrogens with one attached hydrogen (secondary N) is 1. The summed E-state index contributed by atoms with van der Waals surface area (Å²) in [5, 5.41) is 7.46. The molecule has 90 valence electrons. The minimum absolute atomic E-state index is 0.249. The van der Waals surface area contributed by atoms with Crippen LogP contribution in [-0.4, -0.2) is 19.7 Å². The van der Waals surface area contributed by atoms with Crippen LogP contribution in [0.15, 0.2) is 16.9 Å². The van der Waals surface area contributed by atoms with Crippen molar-refractivity contribution in [3.63, 3.8) is 0 Å². The number of hydrogen-bond acceptors (Lipinski definition) is 5. The average Bonchev–Trinajstić information content (AvgIpc) is 2.59. The lowest BCUT2D eigenvalue weighted by Gasteiger charge is -2.06. The summed E-state index contributed by atoms with van der Waals surface area (Å²) in [6, 6.07) is 0. The summed E-state index contributed by atoms with van der Waals surface area (Å²) in [5.41, 5.74) is 7.65. The Hall–Kier alpha value is -1.63. The van der Waals surface area contributed by atoms with Crippen molar-refractivity contribution < 1.29 is 0 Å². The van der Waals surface area contributed by atoms with Gasteiger partial charge in [-0.05, 0) is 22.9 Å². The number of aromatic nitrogens is 4. The van der Waals surface area contributed by atoms with Gasteiger partial charge in [0.05, 0.1) is 10.2 Å². The standard InChI is InChI=1S/C10H13BrN6/c1-6-7(5-17(2)16-6)3-13-9-8(11)4-14-10(12)15-9/h4-5H,3H2,1-2H3,(H3,12,13,14,15). The maximum atomic E-state index is 5.53. The Bertz CT molecular complexity index is 536. The molecule has 0 aliphatic rings. The van der Waals surface area contributed by atoms with Crippen molar-refractivity contribution in [2.45, 2.75) is 13.5 Å². The molecule has 0 aliphatic heterocycles. The molecule has 0 radical (unpaired) electrons. The van der Waals surface area contributed by atoms with Crippen LogP contribution >= 0.6 is 15.9 Å². The van der Waals surface area contributed by atoms with Crippen molar-refractivity contribution in [2.24, 2.45) is 7.05 Å². The van der Waals surface area contributed by atoms with Gasteiger partial charge in [-0.1, -0.05) is 0 Å². The van der Waals surface area contributed by atoms with Crippen molar-refractivity contribution in [1.82, 2.24) is 19.7 Å². The van der Waals surface area contributed by atoms with Gasteiger partial charge in [0, 0.05) is 31.5 Å². The molecule has 0 aliphatic carbocycles. The summed E-state index contributed by atoms with van der Waals surface area (Å²) in [4.78, 5) is 7.99. The van der Waals surface area contributed by atoms with Crippen LogP contribution in [-0.2, 0) is 13.6 Å². The molecular weight excluding hydrogens is 284 g/mol. The molecule has 17 heavy (non-hydrogen) atoms. The molecule has 0 bridgehead atoms. The monoisotopic (exact) mass is 296 g/mol. The van der Waals surface area contributed by atoms with E-state index in [9.17, 15) is 0 Å². The minimum atomic E-state index is 0.249. The van der Waals surface area contributed by atoms with Crippen molar-refractivity contribution in [1.29, 1.82) is 0 Å². The van der Waals surface area contributed by atoms with Gasteiger partial charge < -0.3 is 11.1 Å². The Balaban J connectivity index is 2.12. The fraction of sp³-hybridized carbons (Fsp3) is 0.300. The molecule has 2 heterocycles. The van der Waals surface area contributed by atoms with Gasteiger partial charge >= 0.3 is 0 Å². The molecule has 0 amide bonds. The van der Waals surface area contributed by atoms with E-state index in [1.54, 1.807) is 10.9 Å². The first-order valence-corrected chi connectivity index (χ1v) is 5.86. The van der Waals surface area contributed by atoms with E-state index in [1.807, 2.05) is 20.2 Å². The molecule has 2 aromatic heterocycles. The highest BCUT2D eigenvalue weighted by atomic mass is 79.9. The first kappa shape index (κ1) is 11.8. The van der Waals surface area contributed by atoms with Crippen molar-refractivity contribution >= 4 is 27.7 Å². The van der Waals surface area contributed by atoms with Gasteiger partial charge in [0.2, 0.25) is 5.95 Å². The Kier molecular flexibility index (Phi) is 3.28. The minimum Gasteiger partial charge on any atom is -0.368 e. The van der Waals surface area contributed by atoms with Gasteiger partial charge in [-0.15, -0.1) is 0 Å². The molecule has 2 rings (SSSR count). The smallest absolute Gasteiger partial charge is 0.221 e. The summed E-state index contributed by atoms with van der Waals surface area (Å²) < 4.78 is 2.57. The van der Waals surface area contributed by atoms with Crippen LogP contribution in [0.1, 0.15) is 11.3 Å². The molecule has 7 heteroatoms. The predicted molar refractivity (Wildman–Crippen MR) is 69.4 cm³/mol. The zero-order valence-corrected chi connectivity index (χ0v) is 11.2. The van der Waals surface area contributed by atoms with Crippen LogP contribution in [0.2, 0.25) is 0 Å². The largest absolute Gasteiger partial charge is 0.368 e. The summed E-state index contributed by atoms with van der Waals surface area (Å²) in [7, 11) is 1.90. The molecule has 0 fully saturated rings. The molecule has 0 unspecified atom stereocenters. The summed E-state index contributed by atoms with van der Waals surface area (Å²) in [5.74, 6) is 0.930. The molecule has 6 nitrogen and oxygen atoms in total. The lowest BCUT2D eigenvalue weighted by atomic mass is 10.2. The van der Waals surface area contributed by atoms with Crippen LogP contribution < -0.4 is 11.1 Å². The van der Waals surface area contributed by atoms with Gasteiger partial charge in [-0.2, -0.15) is 10.1 Å². The van der Waals surface area contributed by atoms with E-state index in [4.69, 9.17) is 5.73 Å². The first-order valence-electron chi connectivity index (χ1n) is 5.07. The Labute approximate surface area is 107 Å². The average molecular weight is 297 g/mol. The third-order valence-corrected chi connectivity index (χ3v) is 2.90. The van der Waals surface area contributed by atoms with Crippen LogP contribution in [0.4, 0.5) is 11.8 Å². The highest BCUT2D eigenvalue weighted by Crippen LogP contribution is 2.20. The third-order valence-electron chi connectivity index (χ3n) is 2.32. The number of nitrogens with zero attached hydrogens (tertiary/aromatic N) is 4. The second-order valence-corrected chi connectivity index (χ2v) is 4.55. The number of anilines is 2. The van der Waals surface area contributed by atoms with E-state index < -0.39 is 0 Å². The van der Waals surface area contributed by atoms with Crippen molar-refractivity contribution in [3.05, 3.63) is 28.1 Å². The summed E-state index contributed by atoms with van der Waals surface area (Å²) in [6.45, 7) is 2.62. The van der Waals surface area contributed by atoms with Crippen molar-refractivity contribution in [3.8, 4) is 0 Å². The highest BCUT2D eigenvalue weighted by molar-refractivity contribution is 9.10. The topological polar surface area (TPSA) is 81.7 Å². The van der Waals surface area contributed by atoms with E-state index in [1.165, 1.54) is 0 Å². The molecule has 0 atom stereocenters. The van der Waals surface area contributed by atoms with E-state index in [2.05, 4.69) is 36.3 Å². The second-order valence-electron chi connectivity index (χ2n) is 3.69. The van der Waals surface area contributed by atoms with Gasteiger partial charge in [0.15, 0.2) is 0 Å². The number of hydrogen-bond donors (Lipinski definition) is 2. The van der Waals surface area contributed by atoms with E-state index in [-0.39, 0.29) is 5.95 Å². The number of rotatable bonds is 3. The number of nitrogens with two attached hydrogens (primary N) is 1. The van der Waals surface area contributed by atoms with E-state index in [0.717, 1.165) is 15.7 Å². The Morgan fingerprint density at radius 1 is 1.53 bits per heavy atom. The lowest BCUT2D eigenvalue weighted by Crippen LogP contribution is -2.05. The number of aryl methyl sites for hydroxylation is 2. The molecular formula is C10H13BrN6. The highest BCUT2D eigenvalue weighted by Gasteiger charge is 2.06. The fourth-order valence-corrected chi connectivity index (χ4v) is 1.84. The summed E-state index contributed by atoms with van der Waals surface area (Å²) >= 11 is 3.36. The van der Waals surface area contributed by atoms with Gasteiger partial charge in [0.25, 0.3) is 0 Å². The summed E-state index contributed by atoms with van der Waals surface area (Å²) in [6.07, 6.45) is 3.60. The van der Waals surface area contributed by atoms with Gasteiger partial charge in [0.1, 0.15) is 5.82 Å². The van der Waals surface area contributed by atoms with E-state index >= 15 is 0 Å². The maximum Gasteiger partial charge on any atom is 0.221 e. The zero-order valence-electron chi connectivity index (χ0n) is 9.61. The molecule has 0 saturated heterocycles. The molecule has 0 aromatic carbocycles. The molecule has 3 N–H and O–H groups in total. The fourth-order valence-electron chi connectivity index (χ4n) is 1.51. The second kappa shape index (κ2) is 4.70.